The van der Waals surface area contributed by atoms with E-state index in [0.717, 1.165) is 0 Å². The first-order chi connectivity index (χ1) is 10.4. The molecule has 0 atom stereocenters. The molecule has 0 saturated heterocycles. The average Bonchev–Trinajstić information content (AvgIpc) is 2.88. The molecule has 21 heavy (non-hydrogen) atoms. The Bertz CT molecular complexity index is 1010. The Labute approximate surface area is 138 Å². The van der Waals surface area contributed by atoms with Crippen LogP contribution in [0.4, 0.5) is 0 Å². The Kier molecular flexibility index (Phi) is 2.59. The first-order valence-corrected chi connectivity index (χ1v) is 10.1. The van der Waals surface area contributed by atoms with Crippen LogP contribution < -0.4 is 4.75 Å². The zero-order valence-corrected chi connectivity index (χ0v) is 14.3. The number of fused-ring (bicyclic) bond motifs is 5. The minimum atomic E-state index is -0.802. The second kappa shape index (κ2) is 4.50. The molecule has 95 valence electrons. The molecule has 0 aromatic heterocycles. The van der Waals surface area contributed by atoms with Crippen molar-refractivity contribution < 1.29 is 29.2 Å². The van der Waals surface area contributed by atoms with Gasteiger partial charge in [0.15, 0.2) is 0 Å². The van der Waals surface area contributed by atoms with E-state index in [9.17, 15) is 0 Å². The van der Waals surface area contributed by atoms with Gasteiger partial charge in [-0.1, -0.05) is 0 Å². The standard InChI is InChI=1S/C20H12.Y/c1-2-6-15(7-3-1)18-10-11-19-12-16-8-4-5-9-17(16)13-20(19)14-18;/h1-6,8-9,11-14H;. The van der Waals surface area contributed by atoms with Crippen LogP contribution in [0.25, 0.3) is 32.7 Å². The van der Waals surface area contributed by atoms with Gasteiger partial charge in [0.2, 0.25) is 0 Å². The van der Waals surface area contributed by atoms with Crippen molar-refractivity contribution >= 4 is 26.3 Å². The van der Waals surface area contributed by atoms with Gasteiger partial charge < -0.3 is 0 Å². The molecule has 1 heterocycles. The zero-order valence-electron chi connectivity index (χ0n) is 11.5. The van der Waals surface area contributed by atoms with E-state index in [1.807, 2.05) is 0 Å². The van der Waals surface area contributed by atoms with E-state index >= 15 is 0 Å². The molecule has 0 unspecified atom stereocenters. The van der Waals surface area contributed by atoms with Gasteiger partial charge in [-0.15, -0.1) is 0 Å². The number of hydrogen-bond donors (Lipinski definition) is 0. The summed E-state index contributed by atoms with van der Waals surface area (Å²) in [5.74, 6) is 0. The summed E-state index contributed by atoms with van der Waals surface area (Å²) in [5, 5.41) is 5.43. The van der Waals surface area contributed by atoms with Crippen molar-refractivity contribution in [2.24, 2.45) is 0 Å². The van der Waals surface area contributed by atoms with Crippen molar-refractivity contribution in [3.05, 3.63) is 72.8 Å². The van der Waals surface area contributed by atoms with Gasteiger partial charge in [-0.2, -0.15) is 0 Å². The molecule has 0 fully saturated rings. The van der Waals surface area contributed by atoms with Crippen molar-refractivity contribution in [1.29, 1.82) is 0 Å². The van der Waals surface area contributed by atoms with Crippen LogP contribution in [0.3, 0.4) is 0 Å². The maximum absolute atomic E-state index is 2.46. The molecule has 0 N–H and O–H groups in total. The Morgan fingerprint density at radius 2 is 1.14 bits per heavy atom. The number of benzene rings is 4. The van der Waals surface area contributed by atoms with Gasteiger partial charge in [0.25, 0.3) is 0 Å². The van der Waals surface area contributed by atoms with Crippen molar-refractivity contribution in [3.63, 3.8) is 0 Å². The van der Waals surface area contributed by atoms with Crippen LogP contribution in [0.2, 0.25) is 0 Å². The number of hydrogen-bond acceptors (Lipinski definition) is 0. The summed E-state index contributed by atoms with van der Waals surface area (Å²) in [6.45, 7) is 0. The van der Waals surface area contributed by atoms with Crippen LogP contribution in [-0.2, 0) is 29.2 Å². The van der Waals surface area contributed by atoms with Crippen molar-refractivity contribution in [3.8, 4) is 11.1 Å². The molecule has 4 aromatic carbocycles. The monoisotopic (exact) mass is 341 g/mol. The van der Waals surface area contributed by atoms with E-state index < -0.39 is 29.2 Å². The van der Waals surface area contributed by atoms with Gasteiger partial charge in [0, 0.05) is 0 Å². The van der Waals surface area contributed by atoms with Crippen LogP contribution in [0.15, 0.2) is 72.8 Å². The topological polar surface area (TPSA) is 0 Å². The quantitative estimate of drug-likeness (QED) is 0.374. The van der Waals surface area contributed by atoms with E-state index in [2.05, 4.69) is 72.8 Å². The Hall–Kier alpha value is -1.50. The summed E-state index contributed by atoms with van der Waals surface area (Å²) < 4.78 is 3.29. The van der Waals surface area contributed by atoms with Crippen molar-refractivity contribution in [2.45, 2.75) is 0 Å². The molecular formula is C20H12Y. The fourth-order valence-electron chi connectivity index (χ4n) is 3.40. The molecule has 0 aliphatic carbocycles. The molecule has 0 spiro atoms. The summed E-state index contributed by atoms with van der Waals surface area (Å²) in [4.78, 5) is 0. The third-order valence-corrected chi connectivity index (χ3v) is 8.38. The SMILES string of the molecule is c1ccc2[c](c1)[Y][c]1cc3cc4ccccc4cc3cc1-2. The normalized spacial score (nSPS) is 11.8. The van der Waals surface area contributed by atoms with E-state index in [-0.39, 0.29) is 0 Å². The summed E-state index contributed by atoms with van der Waals surface area (Å²) in [5.41, 5.74) is 2.98. The van der Waals surface area contributed by atoms with E-state index in [1.165, 1.54) is 32.7 Å². The van der Waals surface area contributed by atoms with Gasteiger partial charge >= 0.3 is 139 Å². The molecule has 1 heteroatoms. The van der Waals surface area contributed by atoms with Crippen molar-refractivity contribution in [2.75, 3.05) is 0 Å². The molecule has 5 rings (SSSR count). The van der Waals surface area contributed by atoms with Crippen LogP contribution in [-0.4, -0.2) is 0 Å². The summed E-state index contributed by atoms with van der Waals surface area (Å²) in [7, 11) is 0. The molecule has 0 radical (unpaired) electrons. The molecular weight excluding hydrogens is 329 g/mol. The van der Waals surface area contributed by atoms with Gasteiger partial charge in [-0.05, 0) is 0 Å². The molecule has 4 aromatic rings. The van der Waals surface area contributed by atoms with Gasteiger partial charge in [0.1, 0.15) is 0 Å². The maximum atomic E-state index is 2.46. The van der Waals surface area contributed by atoms with Crippen LogP contribution in [0.1, 0.15) is 0 Å². The Morgan fingerprint density at radius 3 is 1.95 bits per heavy atom. The molecule has 0 nitrogen and oxygen atoms in total. The second-order valence-electron chi connectivity index (χ2n) is 5.72. The summed E-state index contributed by atoms with van der Waals surface area (Å²) in [6.07, 6.45) is 0. The average molecular weight is 341 g/mol. The van der Waals surface area contributed by atoms with Crippen LogP contribution in [0.5, 0.6) is 0 Å². The van der Waals surface area contributed by atoms with Crippen molar-refractivity contribution in [1.82, 2.24) is 0 Å². The Morgan fingerprint density at radius 1 is 0.476 bits per heavy atom. The van der Waals surface area contributed by atoms with Gasteiger partial charge in [-0.3, -0.25) is 0 Å². The van der Waals surface area contributed by atoms with Crippen LogP contribution >= 0.6 is 0 Å². The van der Waals surface area contributed by atoms with Crippen LogP contribution in [0, 0.1) is 0 Å². The fourth-order valence-corrected chi connectivity index (χ4v) is 7.35. The summed E-state index contributed by atoms with van der Waals surface area (Å²) >= 11 is -0.802. The van der Waals surface area contributed by atoms with Gasteiger partial charge in [-0.25, -0.2) is 0 Å². The molecule has 1 aliphatic heterocycles. The van der Waals surface area contributed by atoms with E-state index in [0.29, 0.717) is 0 Å². The zero-order chi connectivity index (χ0) is 13.8. The van der Waals surface area contributed by atoms with E-state index in [1.54, 1.807) is 4.75 Å². The molecule has 0 bridgehead atoms. The molecule has 0 saturated carbocycles. The predicted octanol–water partition coefficient (Wildman–Crippen LogP) is 4.01. The third-order valence-electron chi connectivity index (χ3n) is 4.44. The van der Waals surface area contributed by atoms with E-state index in [4.69, 9.17) is 0 Å². The minimum absolute atomic E-state index is 0.802. The first kappa shape index (κ1) is 12.1. The predicted molar refractivity (Wildman–Crippen MR) is 86.2 cm³/mol. The molecule has 0 amide bonds. The number of rotatable bonds is 0. The van der Waals surface area contributed by atoms with Gasteiger partial charge in [0.05, 0.1) is 0 Å². The third kappa shape index (κ3) is 1.83. The Balaban J connectivity index is 1.86. The summed E-state index contributed by atoms with van der Waals surface area (Å²) in [6, 6.07) is 27.2. The second-order valence-corrected chi connectivity index (χ2v) is 9.48. The fraction of sp³-hybridized carbons (Fsp3) is 0. The molecule has 1 aliphatic rings. The first-order valence-electron chi connectivity index (χ1n) is 7.29.